The minimum Gasteiger partial charge on any atom is -0.384 e. The second-order valence-corrected chi connectivity index (χ2v) is 6.88. The molecule has 0 unspecified atom stereocenters. The van der Waals surface area contributed by atoms with E-state index in [0.717, 1.165) is 18.0 Å². The third kappa shape index (κ3) is 2.96. The van der Waals surface area contributed by atoms with E-state index in [-0.39, 0.29) is 11.8 Å². The smallest absolute Gasteiger partial charge is 0.254 e. The van der Waals surface area contributed by atoms with Gasteiger partial charge in [0.25, 0.3) is 5.91 Å². The first kappa shape index (κ1) is 15.4. The summed E-state index contributed by atoms with van der Waals surface area (Å²) in [6.07, 6.45) is 4.57. The summed E-state index contributed by atoms with van der Waals surface area (Å²) in [6, 6.07) is 9.51. The molecule has 5 nitrogen and oxygen atoms in total. The molecule has 5 heteroatoms. The van der Waals surface area contributed by atoms with Crippen LogP contribution in [0.4, 0.5) is 0 Å². The first-order valence-electron chi connectivity index (χ1n) is 8.64. The zero-order chi connectivity index (χ0) is 16.5. The van der Waals surface area contributed by atoms with Crippen LogP contribution in [0.1, 0.15) is 40.4 Å². The van der Waals surface area contributed by atoms with E-state index in [9.17, 15) is 4.79 Å². The molecule has 1 amide bonds. The quantitative estimate of drug-likeness (QED) is 0.849. The minimum absolute atomic E-state index is 0.0847. The van der Waals surface area contributed by atoms with Gasteiger partial charge in [0.1, 0.15) is 0 Å². The van der Waals surface area contributed by atoms with Crippen LogP contribution in [0.15, 0.2) is 36.5 Å². The Morgan fingerprint density at radius 1 is 1.29 bits per heavy atom. The van der Waals surface area contributed by atoms with Gasteiger partial charge in [0.15, 0.2) is 0 Å². The number of hydrogen-bond acceptors (Lipinski definition) is 3. The number of amides is 1. The van der Waals surface area contributed by atoms with Gasteiger partial charge in [-0.1, -0.05) is 18.2 Å². The molecule has 2 aromatic rings. The standard InChI is InChI=1S/C19H23N3O2/c1-24-13-16-11-21(19(23)15-5-3-2-4-6-15)12-18-17(16)9-20-22(18)10-14-7-8-14/h2-6,9,14,16H,7-8,10-13H2,1H3/t16-/m1/s1. The molecule has 1 aromatic carbocycles. The second kappa shape index (κ2) is 6.40. The molecule has 2 heterocycles. The summed E-state index contributed by atoms with van der Waals surface area (Å²) in [4.78, 5) is 14.8. The van der Waals surface area contributed by atoms with Crippen LogP contribution in [-0.2, 0) is 17.8 Å². The van der Waals surface area contributed by atoms with E-state index in [1.807, 2.05) is 41.4 Å². The summed E-state index contributed by atoms with van der Waals surface area (Å²) in [5.41, 5.74) is 3.17. The highest BCUT2D eigenvalue weighted by Gasteiger charge is 2.33. The highest BCUT2D eigenvalue weighted by molar-refractivity contribution is 5.94. The molecule has 0 saturated heterocycles. The maximum atomic E-state index is 12.9. The van der Waals surface area contributed by atoms with Crippen molar-refractivity contribution in [1.29, 1.82) is 0 Å². The predicted octanol–water partition coefficient (Wildman–Crippen LogP) is 2.68. The van der Waals surface area contributed by atoms with Crippen LogP contribution in [-0.4, -0.2) is 40.8 Å². The summed E-state index contributed by atoms with van der Waals surface area (Å²) in [5, 5.41) is 4.60. The van der Waals surface area contributed by atoms with Gasteiger partial charge >= 0.3 is 0 Å². The highest BCUT2D eigenvalue weighted by atomic mass is 16.5. The van der Waals surface area contributed by atoms with Crippen molar-refractivity contribution >= 4 is 5.91 Å². The molecule has 0 bridgehead atoms. The molecule has 0 spiro atoms. The van der Waals surface area contributed by atoms with Gasteiger partial charge in [-0.05, 0) is 30.9 Å². The third-order valence-corrected chi connectivity index (χ3v) is 5.01. The molecule has 1 aromatic heterocycles. The van der Waals surface area contributed by atoms with Crippen molar-refractivity contribution in [3.05, 3.63) is 53.3 Å². The number of fused-ring (bicyclic) bond motifs is 1. The lowest BCUT2D eigenvalue weighted by Gasteiger charge is -2.33. The molecular formula is C19H23N3O2. The summed E-state index contributed by atoms with van der Waals surface area (Å²) in [5.74, 6) is 1.04. The summed E-state index contributed by atoms with van der Waals surface area (Å²) in [6.45, 7) is 2.91. The molecule has 1 aliphatic carbocycles. The summed E-state index contributed by atoms with van der Waals surface area (Å²) in [7, 11) is 1.71. The Hall–Kier alpha value is -2.14. The van der Waals surface area contributed by atoms with Gasteiger partial charge in [-0.3, -0.25) is 9.48 Å². The fourth-order valence-electron chi connectivity index (χ4n) is 3.51. The number of ether oxygens (including phenoxy) is 1. The van der Waals surface area contributed by atoms with E-state index in [4.69, 9.17) is 4.74 Å². The van der Waals surface area contributed by atoms with Gasteiger partial charge in [0.05, 0.1) is 25.0 Å². The van der Waals surface area contributed by atoms with Crippen LogP contribution in [0.5, 0.6) is 0 Å². The van der Waals surface area contributed by atoms with Crippen molar-refractivity contribution in [3.63, 3.8) is 0 Å². The van der Waals surface area contributed by atoms with Crippen LogP contribution in [0.2, 0.25) is 0 Å². The number of carbonyl (C=O) groups is 1. The van der Waals surface area contributed by atoms with Crippen LogP contribution >= 0.6 is 0 Å². The molecule has 1 fully saturated rings. The highest BCUT2D eigenvalue weighted by Crippen LogP contribution is 2.34. The van der Waals surface area contributed by atoms with Crippen molar-refractivity contribution in [2.75, 3.05) is 20.3 Å². The van der Waals surface area contributed by atoms with Crippen LogP contribution < -0.4 is 0 Å². The zero-order valence-corrected chi connectivity index (χ0v) is 14.0. The van der Waals surface area contributed by atoms with Gasteiger partial charge in [-0.2, -0.15) is 5.10 Å². The average molecular weight is 325 g/mol. The van der Waals surface area contributed by atoms with E-state index < -0.39 is 0 Å². The first-order valence-corrected chi connectivity index (χ1v) is 8.64. The van der Waals surface area contributed by atoms with E-state index >= 15 is 0 Å². The fourth-order valence-corrected chi connectivity index (χ4v) is 3.51. The maximum Gasteiger partial charge on any atom is 0.254 e. The molecule has 1 atom stereocenters. The molecule has 0 N–H and O–H groups in total. The largest absolute Gasteiger partial charge is 0.384 e. The number of aromatic nitrogens is 2. The number of hydrogen-bond donors (Lipinski definition) is 0. The number of benzene rings is 1. The van der Waals surface area contributed by atoms with E-state index in [1.165, 1.54) is 24.1 Å². The molecular weight excluding hydrogens is 302 g/mol. The fraction of sp³-hybridized carbons (Fsp3) is 0.474. The van der Waals surface area contributed by atoms with Gasteiger partial charge in [0, 0.05) is 37.2 Å². The number of rotatable bonds is 5. The Bertz CT molecular complexity index is 721. The lowest BCUT2D eigenvalue weighted by Crippen LogP contribution is -2.40. The summed E-state index contributed by atoms with van der Waals surface area (Å²) >= 11 is 0. The molecule has 2 aliphatic rings. The Morgan fingerprint density at radius 2 is 2.08 bits per heavy atom. The van der Waals surface area contributed by atoms with Crippen LogP contribution in [0, 0.1) is 5.92 Å². The normalized spacial score (nSPS) is 20.0. The van der Waals surface area contributed by atoms with E-state index in [0.29, 0.717) is 19.7 Å². The Balaban J connectivity index is 1.62. The van der Waals surface area contributed by atoms with Gasteiger partial charge in [-0.25, -0.2) is 0 Å². The Morgan fingerprint density at radius 3 is 2.79 bits per heavy atom. The van der Waals surface area contributed by atoms with Gasteiger partial charge in [-0.15, -0.1) is 0 Å². The van der Waals surface area contributed by atoms with Crippen molar-refractivity contribution in [2.24, 2.45) is 5.92 Å². The molecule has 1 saturated carbocycles. The topological polar surface area (TPSA) is 47.4 Å². The molecule has 126 valence electrons. The minimum atomic E-state index is 0.0847. The van der Waals surface area contributed by atoms with E-state index in [2.05, 4.69) is 9.78 Å². The number of carbonyl (C=O) groups excluding carboxylic acids is 1. The summed E-state index contributed by atoms with van der Waals surface area (Å²) < 4.78 is 7.51. The van der Waals surface area contributed by atoms with Crippen molar-refractivity contribution in [3.8, 4) is 0 Å². The van der Waals surface area contributed by atoms with Crippen LogP contribution in [0.25, 0.3) is 0 Å². The monoisotopic (exact) mass is 325 g/mol. The maximum absolute atomic E-state index is 12.9. The van der Waals surface area contributed by atoms with Gasteiger partial charge < -0.3 is 9.64 Å². The van der Waals surface area contributed by atoms with Crippen molar-refractivity contribution in [1.82, 2.24) is 14.7 Å². The first-order chi connectivity index (χ1) is 11.8. The Labute approximate surface area is 142 Å². The second-order valence-electron chi connectivity index (χ2n) is 6.88. The van der Waals surface area contributed by atoms with Gasteiger partial charge in [0.2, 0.25) is 0 Å². The Kier molecular flexibility index (Phi) is 4.10. The average Bonchev–Trinajstić information content (AvgIpc) is 3.34. The molecule has 4 rings (SSSR count). The molecule has 24 heavy (non-hydrogen) atoms. The lowest BCUT2D eigenvalue weighted by atomic mass is 9.95. The van der Waals surface area contributed by atoms with Crippen molar-refractivity contribution in [2.45, 2.75) is 31.8 Å². The number of nitrogens with zero attached hydrogens (tertiary/aromatic N) is 3. The number of methoxy groups -OCH3 is 1. The van der Waals surface area contributed by atoms with E-state index in [1.54, 1.807) is 7.11 Å². The SMILES string of the molecule is COC[C@H]1CN(C(=O)c2ccccc2)Cc2c1cnn2CC1CC1. The third-order valence-electron chi connectivity index (χ3n) is 5.01. The lowest BCUT2D eigenvalue weighted by molar-refractivity contribution is 0.0674. The van der Waals surface area contributed by atoms with Crippen molar-refractivity contribution < 1.29 is 9.53 Å². The molecule has 1 aliphatic heterocycles. The zero-order valence-electron chi connectivity index (χ0n) is 14.0. The molecule has 0 radical (unpaired) electrons. The predicted molar refractivity (Wildman–Crippen MR) is 90.8 cm³/mol. The van der Waals surface area contributed by atoms with Crippen LogP contribution in [0.3, 0.4) is 0 Å².